The van der Waals surface area contributed by atoms with Gasteiger partial charge in [0.05, 0.1) is 11.7 Å². The van der Waals surface area contributed by atoms with E-state index in [4.69, 9.17) is 4.98 Å². The van der Waals surface area contributed by atoms with Crippen molar-refractivity contribution in [3.8, 4) is 0 Å². The lowest BCUT2D eigenvalue weighted by Gasteiger charge is -2.25. The van der Waals surface area contributed by atoms with Gasteiger partial charge in [-0.3, -0.25) is 4.79 Å². The molecule has 2 aromatic heterocycles. The Balaban J connectivity index is 1.59. The normalized spacial score (nSPS) is 19.5. The number of nitrogens with one attached hydrogen (secondary N) is 1. The molecule has 3 heterocycles. The van der Waals surface area contributed by atoms with Gasteiger partial charge in [-0.1, -0.05) is 0 Å². The summed E-state index contributed by atoms with van der Waals surface area (Å²) in [7, 11) is 2.15. The molecular formula is C19H26N6O. The lowest BCUT2D eigenvalue weighted by atomic mass is 10.0. The molecule has 7 heteroatoms. The molecule has 0 bridgehead atoms. The maximum Gasteiger partial charge on any atom is 0.271 e. The van der Waals surface area contributed by atoms with Gasteiger partial charge in [-0.25, -0.2) is 4.98 Å². The van der Waals surface area contributed by atoms with Crippen LogP contribution in [0.2, 0.25) is 0 Å². The van der Waals surface area contributed by atoms with Gasteiger partial charge in [-0.2, -0.15) is 0 Å². The van der Waals surface area contributed by atoms with Crippen LogP contribution in [0.5, 0.6) is 0 Å². The minimum absolute atomic E-state index is 0.179. The molecule has 1 amide bonds. The summed E-state index contributed by atoms with van der Waals surface area (Å²) in [5.74, 6) is 1.78. The molecule has 0 saturated carbocycles. The van der Waals surface area contributed by atoms with Gasteiger partial charge in [0.2, 0.25) is 0 Å². The first-order valence-corrected chi connectivity index (χ1v) is 9.62. The van der Waals surface area contributed by atoms with Crippen molar-refractivity contribution in [3.63, 3.8) is 0 Å². The van der Waals surface area contributed by atoms with Crippen molar-refractivity contribution < 1.29 is 4.79 Å². The second-order valence-electron chi connectivity index (χ2n) is 7.12. The maximum atomic E-state index is 11.9. The zero-order valence-corrected chi connectivity index (χ0v) is 15.5. The number of hydrogen-bond donors (Lipinski definition) is 1. The number of imidazole rings is 1. The van der Waals surface area contributed by atoms with E-state index in [9.17, 15) is 4.79 Å². The molecule has 1 N–H and O–H groups in total. The lowest BCUT2D eigenvalue weighted by Crippen LogP contribution is -2.27. The number of fused-ring (bicyclic) bond motifs is 1. The van der Waals surface area contributed by atoms with Crippen molar-refractivity contribution in [1.29, 1.82) is 0 Å². The first-order chi connectivity index (χ1) is 12.7. The summed E-state index contributed by atoms with van der Waals surface area (Å²) in [5, 5.41) is 11.2. The monoisotopic (exact) mass is 354 g/mol. The van der Waals surface area contributed by atoms with Crippen LogP contribution in [0.4, 0.5) is 5.82 Å². The number of amides is 1. The summed E-state index contributed by atoms with van der Waals surface area (Å²) in [6, 6.07) is 3.89. The summed E-state index contributed by atoms with van der Waals surface area (Å²) >= 11 is 0. The first kappa shape index (κ1) is 17.0. The topological polar surface area (TPSA) is 75.9 Å². The molecule has 0 spiro atoms. The molecular weight excluding hydrogens is 328 g/mol. The highest BCUT2D eigenvalue weighted by Gasteiger charge is 2.32. The number of anilines is 1. The van der Waals surface area contributed by atoms with E-state index in [1.165, 1.54) is 24.2 Å². The molecule has 2 aliphatic rings. The highest BCUT2D eigenvalue weighted by atomic mass is 16.1. The van der Waals surface area contributed by atoms with Crippen LogP contribution in [0, 0.1) is 0 Å². The van der Waals surface area contributed by atoms with E-state index in [0.717, 1.165) is 43.9 Å². The first-order valence-electron chi connectivity index (χ1n) is 9.62. The summed E-state index contributed by atoms with van der Waals surface area (Å²) in [5.41, 5.74) is 3.04. The Morgan fingerprint density at radius 1 is 1.23 bits per heavy atom. The van der Waals surface area contributed by atoms with Crippen molar-refractivity contribution in [3.05, 3.63) is 35.0 Å². The van der Waals surface area contributed by atoms with E-state index < -0.39 is 0 Å². The summed E-state index contributed by atoms with van der Waals surface area (Å²) in [6.07, 6.45) is 6.91. The molecule has 7 nitrogen and oxygen atoms in total. The second kappa shape index (κ2) is 7.05. The minimum atomic E-state index is -0.179. The fourth-order valence-electron chi connectivity index (χ4n) is 4.16. The second-order valence-corrected chi connectivity index (χ2v) is 7.12. The van der Waals surface area contributed by atoms with Crippen LogP contribution in [0.25, 0.3) is 0 Å². The van der Waals surface area contributed by atoms with Gasteiger partial charge >= 0.3 is 0 Å². The molecule has 0 radical (unpaired) electrons. The van der Waals surface area contributed by atoms with Crippen molar-refractivity contribution in [2.45, 2.75) is 51.5 Å². The largest absolute Gasteiger partial charge is 0.351 e. The van der Waals surface area contributed by atoms with Gasteiger partial charge in [0.1, 0.15) is 5.82 Å². The number of aromatic nitrogens is 4. The number of carbonyl (C=O) groups is 1. The average molecular weight is 354 g/mol. The van der Waals surface area contributed by atoms with E-state index in [2.05, 4.69) is 32.0 Å². The number of hydrogen-bond acceptors (Lipinski definition) is 5. The van der Waals surface area contributed by atoms with E-state index in [1.54, 1.807) is 6.07 Å². The Morgan fingerprint density at radius 2 is 2.08 bits per heavy atom. The quantitative estimate of drug-likeness (QED) is 0.911. The summed E-state index contributed by atoms with van der Waals surface area (Å²) in [4.78, 5) is 19.1. The smallest absolute Gasteiger partial charge is 0.271 e. The Labute approximate surface area is 153 Å². The van der Waals surface area contributed by atoms with Crippen molar-refractivity contribution >= 4 is 11.7 Å². The SMILES string of the molecule is CCNC(=O)c1ccc(N2CCCC2c2nc3c(n2C)CCCC3)nn1. The van der Waals surface area contributed by atoms with Crippen LogP contribution >= 0.6 is 0 Å². The van der Waals surface area contributed by atoms with Crippen LogP contribution in [-0.2, 0) is 19.9 Å². The van der Waals surface area contributed by atoms with Crippen LogP contribution < -0.4 is 10.2 Å². The molecule has 1 saturated heterocycles. The van der Waals surface area contributed by atoms with E-state index in [1.807, 2.05) is 13.0 Å². The molecule has 1 fully saturated rings. The number of aryl methyl sites for hydroxylation is 1. The van der Waals surface area contributed by atoms with Crippen LogP contribution in [0.3, 0.4) is 0 Å². The molecule has 1 aliphatic heterocycles. The number of carbonyl (C=O) groups excluding carboxylic acids is 1. The molecule has 138 valence electrons. The molecule has 1 atom stereocenters. The predicted octanol–water partition coefficient (Wildman–Crippen LogP) is 2.18. The fraction of sp³-hybridized carbons (Fsp3) is 0.579. The lowest BCUT2D eigenvalue weighted by molar-refractivity contribution is 0.0950. The number of nitrogens with zero attached hydrogens (tertiary/aromatic N) is 5. The Hall–Kier alpha value is -2.44. The maximum absolute atomic E-state index is 11.9. The minimum Gasteiger partial charge on any atom is -0.351 e. The number of rotatable bonds is 4. The molecule has 1 aliphatic carbocycles. The summed E-state index contributed by atoms with van der Waals surface area (Å²) in [6.45, 7) is 3.42. The van der Waals surface area contributed by atoms with Crippen molar-refractivity contribution in [1.82, 2.24) is 25.1 Å². The van der Waals surface area contributed by atoms with Gasteiger partial charge < -0.3 is 14.8 Å². The zero-order valence-electron chi connectivity index (χ0n) is 15.5. The van der Waals surface area contributed by atoms with Crippen LogP contribution in [-0.4, -0.2) is 38.7 Å². The molecule has 2 aromatic rings. The predicted molar refractivity (Wildman–Crippen MR) is 99.2 cm³/mol. The Bertz CT molecular complexity index is 797. The van der Waals surface area contributed by atoms with Gasteiger partial charge in [0, 0.05) is 25.8 Å². The standard InChI is InChI=1S/C19H26N6O/c1-3-20-19(26)14-10-11-17(23-22-14)25-12-6-9-16(25)18-21-13-7-4-5-8-15(13)24(18)2/h10-11,16H,3-9,12H2,1-2H3,(H,20,26). The third kappa shape index (κ3) is 2.95. The van der Waals surface area contributed by atoms with Gasteiger partial charge in [0.25, 0.3) is 5.91 Å². The van der Waals surface area contributed by atoms with Crippen molar-refractivity contribution in [2.24, 2.45) is 7.05 Å². The van der Waals surface area contributed by atoms with Gasteiger partial charge in [0.15, 0.2) is 11.5 Å². The van der Waals surface area contributed by atoms with Crippen molar-refractivity contribution in [2.75, 3.05) is 18.0 Å². The third-order valence-electron chi connectivity index (χ3n) is 5.47. The van der Waals surface area contributed by atoms with E-state index in [0.29, 0.717) is 12.2 Å². The Morgan fingerprint density at radius 3 is 2.81 bits per heavy atom. The van der Waals surface area contributed by atoms with E-state index in [-0.39, 0.29) is 11.9 Å². The van der Waals surface area contributed by atoms with Gasteiger partial charge in [-0.15, -0.1) is 10.2 Å². The van der Waals surface area contributed by atoms with E-state index >= 15 is 0 Å². The zero-order chi connectivity index (χ0) is 18.1. The fourth-order valence-corrected chi connectivity index (χ4v) is 4.16. The highest BCUT2D eigenvalue weighted by Crippen LogP contribution is 2.36. The van der Waals surface area contributed by atoms with Gasteiger partial charge in [-0.05, 0) is 57.6 Å². The van der Waals surface area contributed by atoms with Crippen LogP contribution in [0.15, 0.2) is 12.1 Å². The molecule has 1 unspecified atom stereocenters. The third-order valence-corrected chi connectivity index (χ3v) is 5.47. The highest BCUT2D eigenvalue weighted by molar-refractivity contribution is 5.92. The molecule has 26 heavy (non-hydrogen) atoms. The molecule has 4 rings (SSSR count). The van der Waals surface area contributed by atoms with Crippen LogP contribution in [0.1, 0.15) is 66.3 Å². The average Bonchev–Trinajstić information content (AvgIpc) is 3.27. The summed E-state index contributed by atoms with van der Waals surface area (Å²) < 4.78 is 2.30. The molecule has 0 aromatic carbocycles. The Kier molecular flexibility index (Phi) is 4.61.